The van der Waals surface area contributed by atoms with Gasteiger partial charge >= 0.3 is 0 Å². The first-order chi connectivity index (χ1) is 15.1. The molecular formula is C28H35N2O+. The van der Waals surface area contributed by atoms with Crippen LogP contribution in [0, 0.1) is 0 Å². The highest BCUT2D eigenvalue weighted by Crippen LogP contribution is 2.50. The molecule has 31 heavy (non-hydrogen) atoms. The molecule has 1 heterocycles. The second-order valence-electron chi connectivity index (χ2n) is 8.86. The number of fused-ring (bicyclic) bond motifs is 2. The quantitative estimate of drug-likeness (QED) is 0.403. The average Bonchev–Trinajstić information content (AvgIpc) is 3.05. The van der Waals surface area contributed by atoms with Crippen LogP contribution in [0.3, 0.4) is 0 Å². The van der Waals surface area contributed by atoms with Crippen LogP contribution in [-0.4, -0.2) is 38.0 Å². The fourth-order valence-corrected chi connectivity index (χ4v) is 5.25. The van der Waals surface area contributed by atoms with Crippen LogP contribution in [0.5, 0.6) is 5.75 Å². The average molecular weight is 416 g/mol. The summed E-state index contributed by atoms with van der Waals surface area (Å²) in [5.74, 6) is 0.964. The Morgan fingerprint density at radius 1 is 0.968 bits per heavy atom. The van der Waals surface area contributed by atoms with Gasteiger partial charge in [0.15, 0.2) is 5.71 Å². The van der Waals surface area contributed by atoms with E-state index in [0.29, 0.717) is 0 Å². The van der Waals surface area contributed by atoms with Crippen LogP contribution >= 0.6 is 0 Å². The number of nitrogens with zero attached hydrogens (tertiary/aromatic N) is 2. The summed E-state index contributed by atoms with van der Waals surface area (Å²) in [5.41, 5.74) is 6.82. The van der Waals surface area contributed by atoms with Gasteiger partial charge in [-0.2, -0.15) is 4.58 Å². The zero-order valence-corrected chi connectivity index (χ0v) is 19.4. The van der Waals surface area contributed by atoms with Crippen LogP contribution < -0.4 is 9.64 Å². The van der Waals surface area contributed by atoms with Crippen molar-refractivity contribution < 1.29 is 9.31 Å². The summed E-state index contributed by atoms with van der Waals surface area (Å²) in [5, 5.41) is 0. The molecular weight excluding hydrogens is 380 g/mol. The van der Waals surface area contributed by atoms with Crippen molar-refractivity contribution in [2.75, 3.05) is 32.6 Å². The summed E-state index contributed by atoms with van der Waals surface area (Å²) in [4.78, 5) is 2.12. The van der Waals surface area contributed by atoms with E-state index in [4.69, 9.17) is 4.74 Å². The molecule has 162 valence electrons. The maximum Gasteiger partial charge on any atom is 0.210 e. The number of allylic oxidation sites excluding steroid dienone is 3. The molecule has 0 radical (unpaired) electrons. The molecule has 1 fully saturated rings. The largest absolute Gasteiger partial charge is 0.497 e. The van der Waals surface area contributed by atoms with E-state index in [9.17, 15) is 0 Å². The molecule has 1 aliphatic heterocycles. The van der Waals surface area contributed by atoms with Gasteiger partial charge in [0.2, 0.25) is 5.69 Å². The number of methoxy groups -OCH3 is 1. The Kier molecular flexibility index (Phi) is 6.31. The zero-order chi connectivity index (χ0) is 21.8. The van der Waals surface area contributed by atoms with Crippen molar-refractivity contribution in [3.8, 4) is 5.75 Å². The third-order valence-corrected chi connectivity index (χ3v) is 6.88. The Morgan fingerprint density at radius 3 is 2.32 bits per heavy atom. The summed E-state index contributed by atoms with van der Waals surface area (Å²) < 4.78 is 8.10. The fourth-order valence-electron chi connectivity index (χ4n) is 5.25. The summed E-state index contributed by atoms with van der Waals surface area (Å²) in [6.07, 6.45) is 15.3. The number of anilines is 1. The van der Waals surface area contributed by atoms with Gasteiger partial charge in [-0.25, -0.2) is 0 Å². The van der Waals surface area contributed by atoms with Gasteiger partial charge in [0.1, 0.15) is 12.3 Å². The SMILES string of the molecule is CC[N+]1=C(C=CC=Cc2ccc(N(C)C)cc2)C2(CCCCC2)c2cc(OC)ccc21. The molecule has 0 unspecified atom stereocenters. The lowest BCUT2D eigenvalue weighted by Crippen LogP contribution is -2.36. The molecule has 2 aliphatic rings. The van der Waals surface area contributed by atoms with Crippen molar-refractivity contribution in [1.82, 2.24) is 0 Å². The molecule has 0 amide bonds. The van der Waals surface area contributed by atoms with Gasteiger partial charge in [-0.05, 0) is 49.6 Å². The van der Waals surface area contributed by atoms with Gasteiger partial charge in [0, 0.05) is 37.5 Å². The van der Waals surface area contributed by atoms with E-state index in [2.05, 4.69) is 97.3 Å². The van der Waals surface area contributed by atoms with Gasteiger partial charge in [0.25, 0.3) is 0 Å². The number of rotatable bonds is 6. The molecule has 2 aromatic rings. The number of ether oxygens (including phenoxy) is 1. The van der Waals surface area contributed by atoms with E-state index in [1.807, 2.05) is 0 Å². The summed E-state index contributed by atoms with van der Waals surface area (Å²) in [6.45, 7) is 3.24. The summed E-state index contributed by atoms with van der Waals surface area (Å²) in [6, 6.07) is 15.3. The zero-order valence-electron chi connectivity index (χ0n) is 19.4. The van der Waals surface area contributed by atoms with Gasteiger partial charge in [-0.3, -0.25) is 0 Å². The van der Waals surface area contributed by atoms with Gasteiger partial charge < -0.3 is 9.64 Å². The molecule has 0 bridgehead atoms. The first kappa shape index (κ1) is 21.4. The minimum Gasteiger partial charge on any atom is -0.497 e. The molecule has 2 aromatic carbocycles. The highest BCUT2D eigenvalue weighted by atomic mass is 16.5. The molecule has 0 atom stereocenters. The smallest absolute Gasteiger partial charge is 0.210 e. The molecule has 1 saturated carbocycles. The van der Waals surface area contributed by atoms with Crippen molar-refractivity contribution in [1.29, 1.82) is 0 Å². The van der Waals surface area contributed by atoms with Crippen LogP contribution in [0.4, 0.5) is 11.4 Å². The van der Waals surface area contributed by atoms with Crippen molar-refractivity contribution in [2.45, 2.75) is 44.4 Å². The van der Waals surface area contributed by atoms with Gasteiger partial charge in [-0.1, -0.05) is 49.6 Å². The molecule has 1 aliphatic carbocycles. The minimum absolute atomic E-state index is 0.121. The first-order valence-electron chi connectivity index (χ1n) is 11.5. The van der Waals surface area contributed by atoms with Crippen molar-refractivity contribution in [3.63, 3.8) is 0 Å². The standard InChI is InChI=1S/C28H35N2O/c1-5-30-26-18-17-24(31-4)21-25(26)28(19-9-6-10-20-28)27(30)12-8-7-11-22-13-15-23(16-14-22)29(2)3/h7-8,11-18,21H,5-6,9-10,19-20H2,1-4H3/q+1. The van der Waals surface area contributed by atoms with Gasteiger partial charge in [0.05, 0.1) is 12.5 Å². The topological polar surface area (TPSA) is 15.5 Å². The normalized spacial score (nSPS) is 17.7. The number of hydrogen-bond donors (Lipinski definition) is 0. The second-order valence-corrected chi connectivity index (χ2v) is 8.86. The van der Waals surface area contributed by atoms with Crippen LogP contribution in [0.2, 0.25) is 0 Å². The second kappa shape index (κ2) is 9.13. The van der Waals surface area contributed by atoms with E-state index in [0.717, 1.165) is 12.3 Å². The predicted molar refractivity (Wildman–Crippen MR) is 132 cm³/mol. The molecule has 4 rings (SSSR count). The van der Waals surface area contributed by atoms with E-state index in [-0.39, 0.29) is 5.41 Å². The Hall–Kier alpha value is -2.81. The van der Waals surface area contributed by atoms with Crippen molar-refractivity contribution >= 4 is 23.2 Å². The first-order valence-corrected chi connectivity index (χ1v) is 11.5. The monoisotopic (exact) mass is 415 g/mol. The lowest BCUT2D eigenvalue weighted by atomic mass is 9.67. The molecule has 1 spiro atoms. The van der Waals surface area contributed by atoms with Crippen molar-refractivity contribution in [2.24, 2.45) is 0 Å². The number of hydrogen-bond acceptors (Lipinski definition) is 2. The highest BCUT2D eigenvalue weighted by Gasteiger charge is 2.51. The Balaban J connectivity index is 1.65. The maximum atomic E-state index is 5.59. The minimum atomic E-state index is 0.121. The highest BCUT2D eigenvalue weighted by molar-refractivity contribution is 6.04. The van der Waals surface area contributed by atoms with E-state index < -0.39 is 0 Å². The summed E-state index contributed by atoms with van der Waals surface area (Å²) >= 11 is 0. The van der Waals surface area contributed by atoms with E-state index in [1.54, 1.807) is 7.11 Å². The molecule has 3 heteroatoms. The van der Waals surface area contributed by atoms with E-state index >= 15 is 0 Å². The molecule has 3 nitrogen and oxygen atoms in total. The lowest BCUT2D eigenvalue weighted by molar-refractivity contribution is -0.433. The summed E-state index contributed by atoms with van der Waals surface area (Å²) in [7, 11) is 5.91. The molecule has 0 aromatic heterocycles. The third kappa shape index (κ3) is 4.06. The van der Waals surface area contributed by atoms with E-state index in [1.165, 1.54) is 60.3 Å². The molecule has 0 N–H and O–H groups in total. The van der Waals surface area contributed by atoms with Crippen molar-refractivity contribution in [3.05, 3.63) is 71.8 Å². The Labute approximate surface area is 187 Å². The maximum absolute atomic E-state index is 5.59. The Morgan fingerprint density at radius 2 is 1.68 bits per heavy atom. The van der Waals surface area contributed by atoms with Crippen LogP contribution in [-0.2, 0) is 5.41 Å². The third-order valence-electron chi connectivity index (χ3n) is 6.88. The van der Waals surface area contributed by atoms with Crippen LogP contribution in [0.25, 0.3) is 6.08 Å². The van der Waals surface area contributed by atoms with Crippen LogP contribution in [0.15, 0.2) is 60.7 Å². The van der Waals surface area contributed by atoms with Gasteiger partial charge in [-0.15, -0.1) is 0 Å². The van der Waals surface area contributed by atoms with Crippen LogP contribution in [0.1, 0.15) is 50.2 Å². The number of benzene rings is 2. The Bertz CT molecular complexity index is 1010. The fraction of sp³-hybridized carbons (Fsp3) is 0.393. The lowest BCUT2D eigenvalue weighted by Gasteiger charge is -2.31. The molecule has 0 saturated heterocycles. The predicted octanol–water partition coefficient (Wildman–Crippen LogP) is 6.35.